The van der Waals surface area contributed by atoms with Gasteiger partial charge in [-0.25, -0.2) is 0 Å². The Morgan fingerprint density at radius 2 is 2.18 bits per heavy atom. The summed E-state index contributed by atoms with van der Waals surface area (Å²) < 4.78 is 2.05. The zero-order valence-electron chi connectivity index (χ0n) is 10.1. The summed E-state index contributed by atoms with van der Waals surface area (Å²) in [7, 11) is 2.00. The number of carbonyl (C=O) groups is 1. The summed E-state index contributed by atoms with van der Waals surface area (Å²) in [4.78, 5) is 14.7. The van der Waals surface area contributed by atoms with Gasteiger partial charge in [0.1, 0.15) is 0 Å². The third-order valence-corrected chi connectivity index (χ3v) is 3.64. The Morgan fingerprint density at radius 1 is 1.35 bits per heavy atom. The Labute approximate surface area is 105 Å². The number of carbonyl (C=O) groups excluding carboxylic acids is 1. The topological polar surface area (TPSA) is 25.2 Å². The Balaban J connectivity index is 2.08. The van der Waals surface area contributed by atoms with E-state index in [1.807, 2.05) is 46.3 Å². The van der Waals surface area contributed by atoms with Crippen LogP contribution in [0.5, 0.6) is 0 Å². The maximum absolute atomic E-state index is 11.6. The van der Waals surface area contributed by atoms with Gasteiger partial charge in [-0.3, -0.25) is 4.79 Å². The summed E-state index contributed by atoms with van der Waals surface area (Å²) in [6, 6.07) is 8.12. The predicted octanol–water partition coefficient (Wildman–Crippen LogP) is 2.64. The van der Waals surface area contributed by atoms with Gasteiger partial charge in [0.2, 0.25) is 5.91 Å². The number of aromatic nitrogens is 1. The normalized spacial score (nSPS) is 10.5. The molecule has 3 nitrogen and oxygen atoms in total. The highest BCUT2D eigenvalue weighted by Gasteiger charge is 2.12. The highest BCUT2D eigenvalue weighted by molar-refractivity contribution is 7.09. The van der Waals surface area contributed by atoms with E-state index in [0.29, 0.717) is 13.1 Å². The fourth-order valence-corrected chi connectivity index (χ4v) is 2.44. The maximum Gasteiger partial charge on any atom is 0.220 e. The van der Waals surface area contributed by atoms with Gasteiger partial charge in [0.05, 0.1) is 13.1 Å². The number of amides is 1. The monoisotopic (exact) mass is 248 g/mol. The van der Waals surface area contributed by atoms with Crippen molar-refractivity contribution in [3.8, 4) is 0 Å². The summed E-state index contributed by atoms with van der Waals surface area (Å²) in [6.07, 6.45) is 2.00. The van der Waals surface area contributed by atoms with Gasteiger partial charge in [0.25, 0.3) is 0 Å². The molecular formula is C13H16N2OS. The zero-order valence-corrected chi connectivity index (χ0v) is 10.9. The van der Waals surface area contributed by atoms with Crippen LogP contribution in [0.3, 0.4) is 0 Å². The van der Waals surface area contributed by atoms with Crippen LogP contribution < -0.4 is 0 Å². The van der Waals surface area contributed by atoms with Crippen molar-refractivity contribution in [2.45, 2.75) is 20.0 Å². The molecule has 0 radical (unpaired) electrons. The van der Waals surface area contributed by atoms with Gasteiger partial charge in [-0.1, -0.05) is 6.07 Å². The molecule has 17 heavy (non-hydrogen) atoms. The van der Waals surface area contributed by atoms with E-state index in [-0.39, 0.29) is 5.91 Å². The van der Waals surface area contributed by atoms with E-state index in [0.717, 1.165) is 5.69 Å². The number of nitrogens with zero attached hydrogens (tertiary/aromatic N) is 2. The summed E-state index contributed by atoms with van der Waals surface area (Å²) >= 11 is 1.68. The number of hydrogen-bond donors (Lipinski definition) is 0. The van der Waals surface area contributed by atoms with Crippen LogP contribution in [0.15, 0.2) is 35.8 Å². The van der Waals surface area contributed by atoms with Crippen LogP contribution in [-0.4, -0.2) is 15.4 Å². The SMILES string of the molecule is CC(=O)N(Cc1cccs1)Cc1cccn1C. The van der Waals surface area contributed by atoms with Crippen molar-refractivity contribution in [2.24, 2.45) is 7.05 Å². The largest absolute Gasteiger partial charge is 0.353 e. The molecule has 0 saturated heterocycles. The van der Waals surface area contributed by atoms with E-state index in [1.165, 1.54) is 4.88 Å². The average molecular weight is 248 g/mol. The molecule has 0 aliphatic rings. The van der Waals surface area contributed by atoms with Crippen LogP contribution in [0.1, 0.15) is 17.5 Å². The second kappa shape index (κ2) is 5.19. The van der Waals surface area contributed by atoms with E-state index in [2.05, 4.69) is 6.07 Å². The van der Waals surface area contributed by atoms with Gasteiger partial charge < -0.3 is 9.47 Å². The Hall–Kier alpha value is -1.55. The number of aryl methyl sites for hydroxylation is 1. The molecule has 0 saturated carbocycles. The fourth-order valence-electron chi connectivity index (χ4n) is 1.73. The van der Waals surface area contributed by atoms with Crippen molar-refractivity contribution in [3.63, 3.8) is 0 Å². The molecule has 2 aromatic rings. The summed E-state index contributed by atoms with van der Waals surface area (Å²) in [6.45, 7) is 2.98. The minimum Gasteiger partial charge on any atom is -0.353 e. The molecule has 0 aliphatic carbocycles. The quantitative estimate of drug-likeness (QED) is 0.816. The first-order chi connectivity index (χ1) is 8.16. The van der Waals surface area contributed by atoms with E-state index in [9.17, 15) is 4.79 Å². The molecule has 2 heterocycles. The first-order valence-electron chi connectivity index (χ1n) is 5.55. The summed E-state index contributed by atoms with van der Waals surface area (Å²) in [5.41, 5.74) is 1.15. The molecule has 2 aromatic heterocycles. The van der Waals surface area contributed by atoms with Gasteiger partial charge in [-0.05, 0) is 23.6 Å². The van der Waals surface area contributed by atoms with Crippen LogP contribution in [0.2, 0.25) is 0 Å². The van der Waals surface area contributed by atoms with Crippen molar-refractivity contribution >= 4 is 17.2 Å². The molecule has 1 amide bonds. The molecule has 0 unspecified atom stereocenters. The smallest absolute Gasteiger partial charge is 0.220 e. The first kappa shape index (κ1) is 11.9. The summed E-state index contributed by atoms with van der Waals surface area (Å²) in [5.74, 6) is 0.111. The maximum atomic E-state index is 11.6. The molecule has 0 atom stereocenters. The molecule has 0 aliphatic heterocycles. The lowest BCUT2D eigenvalue weighted by atomic mass is 10.3. The van der Waals surface area contributed by atoms with Crippen molar-refractivity contribution < 1.29 is 4.79 Å². The molecule has 0 N–H and O–H groups in total. The van der Waals surface area contributed by atoms with Gasteiger partial charge in [0.15, 0.2) is 0 Å². The first-order valence-corrected chi connectivity index (χ1v) is 6.43. The average Bonchev–Trinajstić information content (AvgIpc) is 2.90. The minimum atomic E-state index is 0.111. The number of rotatable bonds is 4. The molecule has 0 aromatic carbocycles. The van der Waals surface area contributed by atoms with Gasteiger partial charge >= 0.3 is 0 Å². The van der Waals surface area contributed by atoms with Crippen LogP contribution in [0.4, 0.5) is 0 Å². The van der Waals surface area contributed by atoms with E-state index in [1.54, 1.807) is 18.3 Å². The standard InChI is InChI=1S/C13H16N2OS/c1-11(16)15(10-13-6-4-8-17-13)9-12-5-3-7-14(12)2/h3-8H,9-10H2,1-2H3. The molecule has 0 spiro atoms. The molecule has 2 rings (SSSR count). The lowest BCUT2D eigenvalue weighted by Gasteiger charge is -2.20. The van der Waals surface area contributed by atoms with Crippen molar-refractivity contribution in [1.29, 1.82) is 0 Å². The van der Waals surface area contributed by atoms with E-state index in [4.69, 9.17) is 0 Å². The van der Waals surface area contributed by atoms with Crippen LogP contribution in [0.25, 0.3) is 0 Å². The van der Waals surface area contributed by atoms with Gasteiger partial charge in [0, 0.05) is 30.7 Å². The highest BCUT2D eigenvalue weighted by atomic mass is 32.1. The van der Waals surface area contributed by atoms with Crippen LogP contribution in [0, 0.1) is 0 Å². The predicted molar refractivity (Wildman–Crippen MR) is 69.7 cm³/mol. The lowest BCUT2D eigenvalue weighted by Crippen LogP contribution is -2.28. The second-order valence-corrected chi connectivity index (χ2v) is 5.10. The zero-order chi connectivity index (χ0) is 12.3. The fraction of sp³-hybridized carbons (Fsp3) is 0.308. The van der Waals surface area contributed by atoms with Crippen molar-refractivity contribution in [1.82, 2.24) is 9.47 Å². The van der Waals surface area contributed by atoms with Gasteiger partial charge in [-0.2, -0.15) is 0 Å². The highest BCUT2D eigenvalue weighted by Crippen LogP contribution is 2.14. The lowest BCUT2D eigenvalue weighted by molar-refractivity contribution is -0.130. The van der Waals surface area contributed by atoms with Crippen LogP contribution >= 0.6 is 11.3 Å². The Kier molecular flexibility index (Phi) is 3.64. The Bertz CT molecular complexity index is 487. The third kappa shape index (κ3) is 2.97. The molecule has 0 bridgehead atoms. The molecular weight excluding hydrogens is 232 g/mol. The minimum absolute atomic E-state index is 0.111. The van der Waals surface area contributed by atoms with Gasteiger partial charge in [-0.15, -0.1) is 11.3 Å². The van der Waals surface area contributed by atoms with E-state index >= 15 is 0 Å². The number of thiophene rings is 1. The Morgan fingerprint density at radius 3 is 2.71 bits per heavy atom. The summed E-state index contributed by atoms with van der Waals surface area (Å²) in [5, 5.41) is 2.04. The molecule has 90 valence electrons. The third-order valence-electron chi connectivity index (χ3n) is 2.78. The number of hydrogen-bond acceptors (Lipinski definition) is 2. The molecule has 0 fully saturated rings. The second-order valence-electron chi connectivity index (χ2n) is 4.06. The van der Waals surface area contributed by atoms with E-state index < -0.39 is 0 Å². The molecule has 4 heteroatoms. The van der Waals surface area contributed by atoms with Crippen molar-refractivity contribution in [3.05, 3.63) is 46.4 Å². The van der Waals surface area contributed by atoms with Crippen LogP contribution in [-0.2, 0) is 24.9 Å². The van der Waals surface area contributed by atoms with Crippen molar-refractivity contribution in [2.75, 3.05) is 0 Å².